The second kappa shape index (κ2) is 7.29. The van der Waals surface area contributed by atoms with Crippen LogP contribution in [0.4, 0.5) is 4.79 Å². The van der Waals surface area contributed by atoms with Crippen LogP contribution in [0.25, 0.3) is 0 Å². The third-order valence-electron chi connectivity index (χ3n) is 8.15. The van der Waals surface area contributed by atoms with Crippen molar-refractivity contribution in [2.75, 3.05) is 19.6 Å². The molecule has 3 amide bonds. The first-order chi connectivity index (χ1) is 13.2. The number of nitrogens with zero attached hydrogens (tertiary/aromatic N) is 2. The van der Waals surface area contributed by atoms with Crippen molar-refractivity contribution in [3.63, 3.8) is 0 Å². The Morgan fingerprint density at radius 3 is 2.22 bits per heavy atom. The largest absolute Gasteiger partial charge is 0.340 e. The van der Waals surface area contributed by atoms with E-state index >= 15 is 0 Å². The predicted octanol–water partition coefficient (Wildman–Crippen LogP) is 3.39. The highest BCUT2D eigenvalue weighted by Crippen LogP contribution is 2.47. The van der Waals surface area contributed by atoms with E-state index in [0.717, 1.165) is 50.1 Å². The Hall–Kier alpha value is -1.26. The Kier molecular flexibility index (Phi) is 4.81. The lowest BCUT2D eigenvalue weighted by atomic mass is 9.68. The highest BCUT2D eigenvalue weighted by Gasteiger charge is 2.44. The number of hydrogen-bond donors (Lipinski definition) is 1. The molecule has 3 aliphatic heterocycles. The summed E-state index contributed by atoms with van der Waals surface area (Å²) in [5.74, 6) is 3.03. The highest BCUT2D eigenvalue weighted by atomic mass is 16.2. The van der Waals surface area contributed by atoms with Crippen LogP contribution in [0.5, 0.6) is 0 Å². The lowest BCUT2D eigenvalue weighted by Gasteiger charge is -2.39. The molecule has 3 heterocycles. The maximum absolute atomic E-state index is 13.1. The van der Waals surface area contributed by atoms with Crippen LogP contribution in [-0.2, 0) is 4.79 Å². The number of carbonyl (C=O) groups excluding carboxylic acids is 2. The first-order valence-corrected chi connectivity index (χ1v) is 11.5. The molecule has 4 bridgehead atoms. The molecule has 1 N–H and O–H groups in total. The van der Waals surface area contributed by atoms with Gasteiger partial charge in [-0.05, 0) is 69.1 Å². The van der Waals surface area contributed by atoms with Crippen LogP contribution in [0.3, 0.4) is 0 Å². The molecule has 5 heteroatoms. The molecule has 0 radical (unpaired) electrons. The summed E-state index contributed by atoms with van der Waals surface area (Å²) < 4.78 is 0. The van der Waals surface area contributed by atoms with Crippen LogP contribution in [0.1, 0.15) is 70.6 Å². The second-order valence-corrected chi connectivity index (χ2v) is 10.1. The molecule has 3 atom stereocenters. The standard InChI is InChI=1S/C22H35N3O2/c26-21(18-4-2-1-3-5-18)24-7-6-19(14-24)23-22(27)25-13-17-9-15-8-16(10-17)12-20(25)11-15/h15-20H,1-14H2,(H,23,27). The number of hydrogen-bond acceptors (Lipinski definition) is 2. The third-order valence-corrected chi connectivity index (χ3v) is 8.15. The van der Waals surface area contributed by atoms with Gasteiger partial charge >= 0.3 is 6.03 Å². The van der Waals surface area contributed by atoms with E-state index < -0.39 is 0 Å². The SMILES string of the molecule is O=C(C1CCCCC1)N1CCC(NC(=O)N2CC3CC4CC(C3)CC2C4)C1. The van der Waals surface area contributed by atoms with Crippen LogP contribution in [-0.4, -0.2) is 53.5 Å². The minimum atomic E-state index is 0.141. The Labute approximate surface area is 163 Å². The lowest BCUT2D eigenvalue weighted by molar-refractivity contribution is -0.135. The Balaban J connectivity index is 1.16. The molecular formula is C22H35N3O2. The van der Waals surface area contributed by atoms with Gasteiger partial charge in [-0.2, -0.15) is 0 Å². The summed E-state index contributed by atoms with van der Waals surface area (Å²) in [5, 5.41) is 3.30. The van der Waals surface area contributed by atoms with Gasteiger partial charge in [0, 0.05) is 37.6 Å². The zero-order valence-corrected chi connectivity index (χ0v) is 16.6. The van der Waals surface area contributed by atoms with Crippen molar-refractivity contribution in [1.82, 2.24) is 15.1 Å². The van der Waals surface area contributed by atoms with E-state index in [1.54, 1.807) is 0 Å². The number of rotatable bonds is 2. The molecular weight excluding hydrogens is 338 g/mol. The fraction of sp³-hybridized carbons (Fsp3) is 0.909. The van der Waals surface area contributed by atoms with Crippen molar-refractivity contribution < 1.29 is 9.59 Å². The van der Waals surface area contributed by atoms with Gasteiger partial charge in [-0.1, -0.05) is 19.3 Å². The van der Waals surface area contributed by atoms with E-state index in [-0.39, 0.29) is 18.0 Å². The molecule has 3 aliphatic carbocycles. The summed E-state index contributed by atoms with van der Waals surface area (Å²) in [4.78, 5) is 30.0. The van der Waals surface area contributed by atoms with E-state index in [1.807, 2.05) is 4.90 Å². The van der Waals surface area contributed by atoms with Gasteiger partial charge in [0.1, 0.15) is 0 Å². The van der Waals surface area contributed by atoms with Gasteiger partial charge in [-0.3, -0.25) is 4.79 Å². The molecule has 0 aromatic rings. The first-order valence-electron chi connectivity index (χ1n) is 11.5. The summed E-state index contributed by atoms with van der Waals surface area (Å²) in [6.07, 6.45) is 13.2. The topological polar surface area (TPSA) is 52.7 Å². The monoisotopic (exact) mass is 373 g/mol. The number of carbonyl (C=O) groups is 2. The number of amides is 3. The summed E-state index contributed by atoms with van der Waals surface area (Å²) in [5.41, 5.74) is 0. The molecule has 3 unspecified atom stereocenters. The van der Waals surface area contributed by atoms with Gasteiger partial charge < -0.3 is 15.1 Å². The molecule has 0 aromatic carbocycles. The van der Waals surface area contributed by atoms with Gasteiger partial charge in [0.25, 0.3) is 0 Å². The molecule has 150 valence electrons. The van der Waals surface area contributed by atoms with E-state index in [2.05, 4.69) is 10.2 Å². The van der Waals surface area contributed by atoms with E-state index in [1.165, 1.54) is 51.4 Å². The Morgan fingerprint density at radius 2 is 1.48 bits per heavy atom. The van der Waals surface area contributed by atoms with Crippen molar-refractivity contribution in [2.45, 2.75) is 82.7 Å². The van der Waals surface area contributed by atoms with Gasteiger partial charge in [-0.25, -0.2) is 4.79 Å². The minimum Gasteiger partial charge on any atom is -0.340 e. The molecule has 0 spiro atoms. The number of fused-ring (bicyclic) bond motifs is 1. The molecule has 3 saturated heterocycles. The van der Waals surface area contributed by atoms with Crippen LogP contribution >= 0.6 is 0 Å². The molecule has 27 heavy (non-hydrogen) atoms. The smallest absolute Gasteiger partial charge is 0.317 e. The fourth-order valence-corrected chi connectivity index (χ4v) is 6.98. The summed E-state index contributed by atoms with van der Waals surface area (Å²) in [6.45, 7) is 2.49. The molecule has 6 fully saturated rings. The van der Waals surface area contributed by atoms with E-state index in [0.29, 0.717) is 18.5 Å². The van der Waals surface area contributed by atoms with Gasteiger partial charge in [0.05, 0.1) is 0 Å². The van der Waals surface area contributed by atoms with Gasteiger partial charge in [-0.15, -0.1) is 0 Å². The average molecular weight is 374 g/mol. The van der Waals surface area contributed by atoms with E-state index in [9.17, 15) is 9.59 Å². The molecule has 3 saturated carbocycles. The van der Waals surface area contributed by atoms with Crippen molar-refractivity contribution >= 4 is 11.9 Å². The van der Waals surface area contributed by atoms with Gasteiger partial charge in [0.2, 0.25) is 5.91 Å². The highest BCUT2D eigenvalue weighted by molar-refractivity contribution is 5.80. The van der Waals surface area contributed by atoms with Crippen LogP contribution in [0, 0.1) is 23.7 Å². The fourth-order valence-electron chi connectivity index (χ4n) is 6.98. The number of likely N-dealkylation sites (tertiary alicyclic amines) is 1. The zero-order valence-electron chi connectivity index (χ0n) is 16.6. The Bertz CT molecular complexity index is 574. The average Bonchev–Trinajstić information content (AvgIpc) is 3.04. The first kappa shape index (κ1) is 17.8. The number of urea groups is 1. The summed E-state index contributed by atoms with van der Waals surface area (Å²) >= 11 is 0. The van der Waals surface area contributed by atoms with Crippen LogP contribution < -0.4 is 5.32 Å². The molecule has 6 aliphatic rings. The number of nitrogens with one attached hydrogen (secondary N) is 1. The van der Waals surface area contributed by atoms with E-state index in [4.69, 9.17) is 0 Å². The summed E-state index contributed by atoms with van der Waals surface area (Å²) in [6, 6.07) is 0.746. The quantitative estimate of drug-likeness (QED) is 0.807. The lowest BCUT2D eigenvalue weighted by Crippen LogP contribution is -2.51. The van der Waals surface area contributed by atoms with Crippen LogP contribution in [0.2, 0.25) is 0 Å². The van der Waals surface area contributed by atoms with Gasteiger partial charge in [0.15, 0.2) is 0 Å². The third kappa shape index (κ3) is 3.58. The summed E-state index contributed by atoms with van der Waals surface area (Å²) in [7, 11) is 0. The van der Waals surface area contributed by atoms with Crippen LogP contribution in [0.15, 0.2) is 0 Å². The molecule has 5 nitrogen and oxygen atoms in total. The van der Waals surface area contributed by atoms with Crippen molar-refractivity contribution in [2.24, 2.45) is 23.7 Å². The predicted molar refractivity (Wildman–Crippen MR) is 104 cm³/mol. The normalized spacial score (nSPS) is 38.9. The Morgan fingerprint density at radius 1 is 0.778 bits per heavy atom. The van der Waals surface area contributed by atoms with Crippen molar-refractivity contribution in [3.8, 4) is 0 Å². The minimum absolute atomic E-state index is 0.141. The maximum Gasteiger partial charge on any atom is 0.317 e. The van der Waals surface area contributed by atoms with Crippen molar-refractivity contribution in [1.29, 1.82) is 0 Å². The molecule has 6 rings (SSSR count). The second-order valence-electron chi connectivity index (χ2n) is 10.1. The zero-order chi connectivity index (χ0) is 18.4. The molecule has 0 aromatic heterocycles. The maximum atomic E-state index is 13.1. The van der Waals surface area contributed by atoms with Crippen molar-refractivity contribution in [3.05, 3.63) is 0 Å².